The minimum absolute atomic E-state index is 0.0138. The van der Waals surface area contributed by atoms with Gasteiger partial charge in [0.15, 0.2) is 11.6 Å². The fourth-order valence-corrected chi connectivity index (χ4v) is 4.61. The van der Waals surface area contributed by atoms with Crippen molar-refractivity contribution in [3.05, 3.63) is 70.4 Å². The Morgan fingerprint density at radius 2 is 1.81 bits per heavy atom. The van der Waals surface area contributed by atoms with E-state index in [0.717, 1.165) is 40.4 Å². The summed E-state index contributed by atoms with van der Waals surface area (Å²) >= 11 is 6.45. The van der Waals surface area contributed by atoms with Gasteiger partial charge >= 0.3 is 0 Å². The quantitative estimate of drug-likeness (QED) is 0.271. The van der Waals surface area contributed by atoms with E-state index in [2.05, 4.69) is 14.2 Å². The lowest BCUT2D eigenvalue weighted by Crippen LogP contribution is -2.28. The van der Waals surface area contributed by atoms with E-state index in [9.17, 15) is 4.79 Å². The number of aryl methyl sites for hydroxylation is 1. The molecule has 3 rings (SSSR count). The Balaban J connectivity index is 0.00000222. The van der Waals surface area contributed by atoms with Crippen molar-refractivity contribution in [3.8, 4) is 16.9 Å². The predicted octanol–water partition coefficient (Wildman–Crippen LogP) is 5.77. The minimum atomic E-state index is -0.325. The van der Waals surface area contributed by atoms with E-state index in [4.69, 9.17) is 27.8 Å². The largest absolute Gasteiger partial charge is 0.482 e. The zero-order chi connectivity index (χ0) is 26.8. The summed E-state index contributed by atoms with van der Waals surface area (Å²) in [7, 11) is 4.54. The lowest BCUT2D eigenvalue weighted by Gasteiger charge is -2.20. The molecule has 1 heterocycles. The van der Waals surface area contributed by atoms with E-state index in [1.165, 1.54) is 0 Å². The minimum Gasteiger partial charge on any atom is -0.482 e. The van der Waals surface area contributed by atoms with E-state index in [1.807, 2.05) is 77.2 Å². The average molecular weight is 529 g/mol. The molecule has 36 heavy (non-hydrogen) atoms. The van der Waals surface area contributed by atoms with Crippen molar-refractivity contribution in [1.82, 2.24) is 9.88 Å². The second-order valence-corrected chi connectivity index (χ2v) is 9.34. The maximum Gasteiger partial charge on any atom is 0.253 e. The molecule has 0 aliphatic rings. The Labute approximate surface area is 222 Å². The summed E-state index contributed by atoms with van der Waals surface area (Å²) in [4.78, 5) is 18.7. The fourth-order valence-electron chi connectivity index (χ4n) is 3.71. The van der Waals surface area contributed by atoms with Gasteiger partial charge in [-0.1, -0.05) is 43.6 Å². The summed E-state index contributed by atoms with van der Waals surface area (Å²) in [6.07, 6.45) is 3.16. The van der Waals surface area contributed by atoms with E-state index in [-0.39, 0.29) is 12.0 Å². The predicted molar refractivity (Wildman–Crippen MR) is 155 cm³/mol. The molecule has 6 nitrogen and oxygen atoms in total. The summed E-state index contributed by atoms with van der Waals surface area (Å²) in [5, 5.41) is 1.65. The van der Waals surface area contributed by atoms with E-state index in [1.54, 1.807) is 11.1 Å². The molecule has 0 aliphatic heterocycles. The first kappa shape index (κ1) is 29.6. The zero-order valence-electron chi connectivity index (χ0n) is 21.8. The summed E-state index contributed by atoms with van der Waals surface area (Å²) in [5.41, 5.74) is 16.0. The van der Waals surface area contributed by atoms with Crippen LogP contribution in [0.3, 0.4) is 0 Å². The van der Waals surface area contributed by atoms with Crippen molar-refractivity contribution in [3.63, 3.8) is 0 Å². The number of amides is 1. The first-order valence-electron chi connectivity index (χ1n) is 12.3. The number of halogens is 1. The number of carbonyl (C=O) groups is 1. The van der Waals surface area contributed by atoms with Gasteiger partial charge in [0.2, 0.25) is 0 Å². The molecule has 1 amide bonds. The van der Waals surface area contributed by atoms with Crippen LogP contribution in [0.2, 0.25) is 5.02 Å². The molecule has 2 unspecified atom stereocenters. The lowest BCUT2D eigenvalue weighted by atomic mass is 10.0. The van der Waals surface area contributed by atoms with Crippen LogP contribution in [-0.2, 0) is 0 Å². The molecule has 0 fully saturated rings. The van der Waals surface area contributed by atoms with Crippen LogP contribution in [0.5, 0.6) is 5.75 Å². The monoisotopic (exact) mass is 528 g/mol. The number of hydrogen-bond donors (Lipinski definition) is 2. The fraction of sp³-hybridized carbons (Fsp3) is 0.357. The van der Waals surface area contributed by atoms with Crippen molar-refractivity contribution in [2.75, 3.05) is 25.9 Å². The topological polar surface area (TPSA) is 94.5 Å². The van der Waals surface area contributed by atoms with Gasteiger partial charge in [-0.05, 0) is 73.9 Å². The maximum atomic E-state index is 12.7. The van der Waals surface area contributed by atoms with Gasteiger partial charge in [0.1, 0.15) is 6.10 Å². The Morgan fingerprint density at radius 3 is 2.44 bits per heavy atom. The van der Waals surface area contributed by atoms with Crippen LogP contribution in [0.15, 0.2) is 48.7 Å². The summed E-state index contributed by atoms with van der Waals surface area (Å²) < 4.78 is 6.20. The highest BCUT2D eigenvalue weighted by Gasteiger charge is 2.18. The van der Waals surface area contributed by atoms with Crippen LogP contribution >= 0.6 is 20.8 Å². The van der Waals surface area contributed by atoms with Crippen molar-refractivity contribution in [2.24, 2.45) is 5.73 Å². The van der Waals surface area contributed by atoms with Crippen molar-refractivity contribution < 1.29 is 9.53 Å². The van der Waals surface area contributed by atoms with Gasteiger partial charge in [0.05, 0.1) is 0 Å². The molecule has 2 atom stereocenters. The molecule has 0 radical (unpaired) electrons. The molecule has 3 aromatic rings. The number of anilines is 1. The highest BCUT2D eigenvalue weighted by Crippen LogP contribution is 2.33. The number of hydrogen-bond acceptors (Lipinski definition) is 5. The summed E-state index contributed by atoms with van der Waals surface area (Å²) in [6, 6.07) is 13.2. The Bertz CT molecular complexity index is 1160. The number of nitrogens with two attached hydrogens (primary N) is 2. The summed E-state index contributed by atoms with van der Waals surface area (Å²) in [5.74, 6) is 0.766. The van der Waals surface area contributed by atoms with E-state index < -0.39 is 0 Å². The third-order valence-corrected chi connectivity index (χ3v) is 6.90. The molecule has 8 heteroatoms. The number of benzene rings is 2. The number of ether oxygens (including phenoxy) is 1. The maximum absolute atomic E-state index is 12.7. The Kier molecular flexibility index (Phi) is 11.6. The van der Waals surface area contributed by atoms with Gasteiger partial charge < -0.3 is 21.1 Å². The number of aromatic nitrogens is 1. The second-order valence-electron chi connectivity index (χ2n) is 8.36. The van der Waals surface area contributed by atoms with Crippen molar-refractivity contribution in [1.29, 1.82) is 0 Å². The molecule has 194 valence electrons. The zero-order valence-corrected chi connectivity index (χ0v) is 23.8. The second kappa shape index (κ2) is 14.2. The van der Waals surface area contributed by atoms with Gasteiger partial charge in [-0.25, -0.2) is 4.98 Å². The van der Waals surface area contributed by atoms with Crippen molar-refractivity contribution >= 4 is 37.9 Å². The van der Waals surface area contributed by atoms with Crippen LogP contribution in [0, 0.1) is 6.92 Å². The van der Waals surface area contributed by atoms with Crippen LogP contribution in [0.4, 0.5) is 5.82 Å². The molecular formula is C28H38ClN4O2P. The van der Waals surface area contributed by atoms with Crippen LogP contribution in [0.25, 0.3) is 11.1 Å². The van der Waals surface area contributed by atoms with Crippen LogP contribution < -0.4 is 21.5 Å². The van der Waals surface area contributed by atoms with E-state index in [0.29, 0.717) is 35.2 Å². The third-order valence-electron chi connectivity index (χ3n) is 5.80. The first-order chi connectivity index (χ1) is 17.2. The molecule has 0 saturated carbocycles. The van der Waals surface area contributed by atoms with Gasteiger partial charge in [-0.3, -0.25) is 4.79 Å². The summed E-state index contributed by atoms with van der Waals surface area (Å²) in [6.45, 7) is 9.28. The SMILES string of the molecule is CC.Cc1ccc(Cl)c(C(C)Oc2cc(-c3ccc(C(=O)N(C)CCCCN)cc3)cnc2N)c1P. The number of carbonyl (C=O) groups excluding carboxylic acids is 1. The molecule has 4 N–H and O–H groups in total. The van der Waals surface area contributed by atoms with Gasteiger partial charge in [0, 0.05) is 41.5 Å². The average Bonchev–Trinajstić information content (AvgIpc) is 2.88. The van der Waals surface area contributed by atoms with Gasteiger partial charge in [0.25, 0.3) is 5.91 Å². The molecule has 1 aromatic heterocycles. The van der Waals surface area contributed by atoms with E-state index >= 15 is 0 Å². The lowest BCUT2D eigenvalue weighted by molar-refractivity contribution is 0.0793. The molecule has 0 bridgehead atoms. The number of rotatable bonds is 9. The molecule has 0 saturated heterocycles. The Morgan fingerprint density at radius 1 is 1.14 bits per heavy atom. The smallest absolute Gasteiger partial charge is 0.253 e. The number of nitrogens with zero attached hydrogens (tertiary/aromatic N) is 2. The number of nitrogen functional groups attached to an aromatic ring is 1. The molecule has 0 spiro atoms. The standard InChI is InChI=1S/C26H32ClN4O2P.C2H6/c1-16-6-11-21(27)23(24(16)34)17(2)33-22-14-20(15-30-25(22)29)18-7-9-19(10-8-18)26(32)31(3)13-5-4-12-28;1-2/h6-11,14-15,17H,4-5,12-13,28,34H2,1-3H3,(H2,29,30);1-2H3. The van der Waals surface area contributed by atoms with Crippen LogP contribution in [-0.4, -0.2) is 35.9 Å². The van der Waals surface area contributed by atoms with Gasteiger partial charge in [-0.15, -0.1) is 9.24 Å². The third kappa shape index (κ3) is 7.42. The number of unbranched alkanes of at least 4 members (excludes halogenated alkanes) is 1. The molecular weight excluding hydrogens is 491 g/mol. The Hall–Kier alpha value is -2.66. The molecule has 0 aliphatic carbocycles. The van der Waals surface area contributed by atoms with Gasteiger partial charge in [-0.2, -0.15) is 0 Å². The first-order valence-corrected chi connectivity index (χ1v) is 13.2. The normalized spacial score (nSPS) is 11.3. The highest BCUT2D eigenvalue weighted by molar-refractivity contribution is 7.27. The van der Waals surface area contributed by atoms with Crippen molar-refractivity contribution in [2.45, 2.75) is 46.6 Å². The highest BCUT2D eigenvalue weighted by atomic mass is 35.5. The molecule has 2 aromatic carbocycles. The number of pyridine rings is 1. The van der Waals surface area contributed by atoms with Crippen LogP contribution in [0.1, 0.15) is 61.2 Å².